The second kappa shape index (κ2) is 4.84. The number of nitrogens with zero attached hydrogens (tertiary/aromatic N) is 3. The van der Waals surface area contributed by atoms with E-state index in [1.54, 1.807) is 0 Å². The van der Waals surface area contributed by atoms with Crippen LogP contribution in [-0.2, 0) is 4.74 Å². The number of nitrogens with two attached hydrogens (primary N) is 1. The van der Waals surface area contributed by atoms with Gasteiger partial charge in [-0.2, -0.15) is 4.98 Å². The van der Waals surface area contributed by atoms with Crippen LogP contribution >= 0.6 is 11.6 Å². The van der Waals surface area contributed by atoms with Gasteiger partial charge in [-0.25, -0.2) is 4.98 Å². The van der Waals surface area contributed by atoms with Crippen molar-refractivity contribution in [3.8, 4) is 0 Å². The largest absolute Gasteiger partial charge is 0.381 e. The van der Waals surface area contributed by atoms with E-state index in [2.05, 4.69) is 14.9 Å². The van der Waals surface area contributed by atoms with Crippen LogP contribution in [0.2, 0.25) is 5.02 Å². The maximum atomic E-state index is 6.06. The first-order chi connectivity index (χ1) is 7.68. The summed E-state index contributed by atoms with van der Waals surface area (Å²) in [5.74, 6) is 0.944. The maximum Gasteiger partial charge on any atom is 0.222 e. The lowest BCUT2D eigenvalue weighted by atomic mass is 10.1. The predicted molar refractivity (Wildman–Crippen MR) is 63.7 cm³/mol. The minimum atomic E-state index is 0.248. The van der Waals surface area contributed by atoms with Gasteiger partial charge in [-0.05, 0) is 12.8 Å². The minimum absolute atomic E-state index is 0.248. The van der Waals surface area contributed by atoms with Crippen LogP contribution in [0.4, 0.5) is 11.8 Å². The number of halogens is 1. The number of hydrogen-bond acceptors (Lipinski definition) is 5. The van der Waals surface area contributed by atoms with E-state index in [4.69, 9.17) is 22.1 Å². The van der Waals surface area contributed by atoms with Gasteiger partial charge in [0.2, 0.25) is 5.95 Å². The molecule has 0 amide bonds. The first-order valence-corrected chi connectivity index (χ1v) is 5.65. The fourth-order valence-corrected chi connectivity index (χ4v) is 2.09. The van der Waals surface area contributed by atoms with Crippen molar-refractivity contribution in [3.05, 3.63) is 11.2 Å². The van der Waals surface area contributed by atoms with Gasteiger partial charge in [0, 0.05) is 26.3 Å². The summed E-state index contributed by atoms with van der Waals surface area (Å²) in [6.07, 6.45) is 3.50. The zero-order valence-corrected chi connectivity index (χ0v) is 9.94. The van der Waals surface area contributed by atoms with E-state index in [0.29, 0.717) is 16.9 Å². The van der Waals surface area contributed by atoms with Crippen LogP contribution in [0.3, 0.4) is 0 Å². The third kappa shape index (κ3) is 2.36. The number of hydrogen-bond donors (Lipinski definition) is 1. The summed E-state index contributed by atoms with van der Waals surface area (Å²) >= 11 is 6.06. The molecule has 0 spiro atoms. The van der Waals surface area contributed by atoms with Gasteiger partial charge >= 0.3 is 0 Å². The van der Waals surface area contributed by atoms with Crippen molar-refractivity contribution in [3.63, 3.8) is 0 Å². The highest BCUT2D eigenvalue weighted by Gasteiger charge is 2.21. The molecule has 0 atom stereocenters. The van der Waals surface area contributed by atoms with Crippen LogP contribution in [-0.4, -0.2) is 36.3 Å². The molecule has 16 heavy (non-hydrogen) atoms. The van der Waals surface area contributed by atoms with E-state index in [9.17, 15) is 0 Å². The summed E-state index contributed by atoms with van der Waals surface area (Å²) in [7, 11) is 1.98. The molecular formula is C10H15ClN4O. The molecule has 88 valence electrons. The molecule has 0 aliphatic carbocycles. The average Bonchev–Trinajstić information content (AvgIpc) is 2.32. The Morgan fingerprint density at radius 3 is 2.88 bits per heavy atom. The van der Waals surface area contributed by atoms with Gasteiger partial charge in [0.25, 0.3) is 0 Å². The van der Waals surface area contributed by atoms with Crippen LogP contribution in [0.1, 0.15) is 12.8 Å². The molecule has 5 nitrogen and oxygen atoms in total. The Bertz CT molecular complexity index is 368. The smallest absolute Gasteiger partial charge is 0.222 e. The zero-order valence-electron chi connectivity index (χ0n) is 9.19. The lowest BCUT2D eigenvalue weighted by molar-refractivity contribution is 0.0853. The lowest BCUT2D eigenvalue weighted by Crippen LogP contribution is -2.37. The Labute approximate surface area is 99.6 Å². The second-order valence-electron chi connectivity index (χ2n) is 3.85. The Hall–Kier alpha value is -1.07. The molecule has 1 aliphatic rings. The molecule has 6 heteroatoms. The third-order valence-corrected chi connectivity index (χ3v) is 3.08. The monoisotopic (exact) mass is 242 g/mol. The van der Waals surface area contributed by atoms with Gasteiger partial charge in [0.05, 0.1) is 6.20 Å². The molecule has 2 N–H and O–H groups in total. The predicted octanol–water partition coefficient (Wildman–Crippen LogP) is 1.33. The quantitative estimate of drug-likeness (QED) is 0.848. The van der Waals surface area contributed by atoms with E-state index in [0.717, 1.165) is 26.1 Å². The van der Waals surface area contributed by atoms with Gasteiger partial charge in [-0.1, -0.05) is 11.6 Å². The van der Waals surface area contributed by atoms with Crippen LogP contribution in [0.15, 0.2) is 6.20 Å². The van der Waals surface area contributed by atoms with Crippen molar-refractivity contribution in [2.24, 2.45) is 0 Å². The standard InChI is InChI=1S/C10H15ClN4O/c1-15(7-2-4-16-5-3-7)9-8(11)6-13-10(12)14-9/h6-7H,2-5H2,1H3,(H2,12,13,14). The van der Waals surface area contributed by atoms with E-state index < -0.39 is 0 Å². The Balaban J connectivity index is 2.18. The van der Waals surface area contributed by atoms with E-state index >= 15 is 0 Å². The fourth-order valence-electron chi connectivity index (χ4n) is 1.86. The minimum Gasteiger partial charge on any atom is -0.381 e. The molecule has 0 aromatic carbocycles. The molecular weight excluding hydrogens is 228 g/mol. The molecule has 1 aromatic heterocycles. The first-order valence-electron chi connectivity index (χ1n) is 5.27. The molecule has 1 aromatic rings. The second-order valence-corrected chi connectivity index (χ2v) is 4.26. The van der Waals surface area contributed by atoms with Crippen molar-refractivity contribution in [1.29, 1.82) is 0 Å². The SMILES string of the molecule is CN(c1nc(N)ncc1Cl)C1CCOCC1. The maximum absolute atomic E-state index is 6.06. The highest BCUT2D eigenvalue weighted by molar-refractivity contribution is 6.32. The third-order valence-electron chi connectivity index (χ3n) is 2.82. The zero-order chi connectivity index (χ0) is 11.5. The Morgan fingerprint density at radius 1 is 1.50 bits per heavy atom. The van der Waals surface area contributed by atoms with Crippen LogP contribution in [0.5, 0.6) is 0 Å². The molecule has 0 radical (unpaired) electrons. The lowest BCUT2D eigenvalue weighted by Gasteiger charge is -2.32. The molecule has 2 heterocycles. The summed E-state index contributed by atoms with van der Waals surface area (Å²) in [6.45, 7) is 1.57. The van der Waals surface area contributed by atoms with Crippen molar-refractivity contribution in [1.82, 2.24) is 9.97 Å². The molecule has 1 saturated heterocycles. The Morgan fingerprint density at radius 2 is 2.19 bits per heavy atom. The van der Waals surface area contributed by atoms with Gasteiger partial charge in [0.1, 0.15) is 5.02 Å². The highest BCUT2D eigenvalue weighted by Crippen LogP contribution is 2.26. The number of ether oxygens (including phenoxy) is 1. The molecule has 1 fully saturated rings. The van der Waals surface area contributed by atoms with Gasteiger partial charge in [-0.15, -0.1) is 0 Å². The Kier molecular flexibility index (Phi) is 3.46. The number of anilines is 2. The van der Waals surface area contributed by atoms with Crippen LogP contribution < -0.4 is 10.6 Å². The molecule has 1 aliphatic heterocycles. The normalized spacial score (nSPS) is 17.4. The highest BCUT2D eigenvalue weighted by atomic mass is 35.5. The van der Waals surface area contributed by atoms with E-state index in [1.807, 2.05) is 7.05 Å². The van der Waals surface area contributed by atoms with Crippen LogP contribution in [0, 0.1) is 0 Å². The number of rotatable bonds is 2. The average molecular weight is 243 g/mol. The summed E-state index contributed by atoms with van der Waals surface area (Å²) in [6, 6.07) is 0.403. The number of aromatic nitrogens is 2. The summed E-state index contributed by atoms with van der Waals surface area (Å²) in [4.78, 5) is 10.1. The first kappa shape index (κ1) is 11.4. The summed E-state index contributed by atoms with van der Waals surface area (Å²) in [5.41, 5.74) is 5.56. The van der Waals surface area contributed by atoms with Gasteiger partial charge in [0.15, 0.2) is 5.82 Å². The summed E-state index contributed by atoms with van der Waals surface area (Å²) < 4.78 is 5.32. The van der Waals surface area contributed by atoms with Gasteiger partial charge < -0.3 is 15.4 Å². The van der Waals surface area contributed by atoms with E-state index in [-0.39, 0.29) is 5.95 Å². The molecule has 0 saturated carbocycles. The van der Waals surface area contributed by atoms with Crippen molar-refractivity contribution in [2.45, 2.75) is 18.9 Å². The van der Waals surface area contributed by atoms with Crippen molar-refractivity contribution in [2.75, 3.05) is 30.9 Å². The topological polar surface area (TPSA) is 64.3 Å². The van der Waals surface area contributed by atoms with Crippen LogP contribution in [0.25, 0.3) is 0 Å². The van der Waals surface area contributed by atoms with E-state index in [1.165, 1.54) is 6.20 Å². The van der Waals surface area contributed by atoms with Gasteiger partial charge in [-0.3, -0.25) is 0 Å². The van der Waals surface area contributed by atoms with Crippen molar-refractivity contribution >= 4 is 23.4 Å². The van der Waals surface area contributed by atoms with Crippen molar-refractivity contribution < 1.29 is 4.74 Å². The summed E-state index contributed by atoms with van der Waals surface area (Å²) in [5, 5.41) is 0.531. The molecule has 0 bridgehead atoms. The number of nitrogen functional groups attached to an aromatic ring is 1. The fraction of sp³-hybridized carbons (Fsp3) is 0.600. The molecule has 2 rings (SSSR count). The molecule has 0 unspecified atom stereocenters.